The molecule has 1 amide bonds. The first-order chi connectivity index (χ1) is 8.20. The Hall–Kier alpha value is -1.55. The van der Waals surface area contributed by atoms with Crippen molar-refractivity contribution in [1.29, 1.82) is 0 Å². The summed E-state index contributed by atoms with van der Waals surface area (Å²) < 4.78 is 0. The van der Waals surface area contributed by atoms with E-state index in [2.05, 4.69) is 10.6 Å². The average molecular weight is 234 g/mol. The zero-order chi connectivity index (χ0) is 12.3. The van der Waals surface area contributed by atoms with E-state index < -0.39 is 0 Å². The summed E-state index contributed by atoms with van der Waals surface area (Å²) in [6.07, 6.45) is 2.77. The third kappa shape index (κ3) is 2.77. The molecule has 92 valence electrons. The monoisotopic (exact) mass is 234 g/mol. The second kappa shape index (κ2) is 5.19. The smallest absolute Gasteiger partial charge is 0.241 e. The van der Waals surface area contributed by atoms with Gasteiger partial charge in [0, 0.05) is 0 Å². The standard InChI is InChI=1S/C13H18N2O2/c1-2-9-5-6-12(16)11(8-9)15-13(17)10-4-3-7-14-10/h5-6,8,10,14,16H,2-4,7H2,1H3,(H,15,17). The van der Waals surface area contributed by atoms with E-state index >= 15 is 0 Å². The minimum Gasteiger partial charge on any atom is -0.506 e. The summed E-state index contributed by atoms with van der Waals surface area (Å²) in [4.78, 5) is 11.9. The number of rotatable bonds is 3. The van der Waals surface area contributed by atoms with Crippen LogP contribution in [0.2, 0.25) is 0 Å². The highest BCUT2D eigenvalue weighted by atomic mass is 16.3. The molecule has 4 heteroatoms. The summed E-state index contributed by atoms with van der Waals surface area (Å²) in [7, 11) is 0. The summed E-state index contributed by atoms with van der Waals surface area (Å²) >= 11 is 0. The van der Waals surface area contributed by atoms with Crippen LogP contribution in [0.5, 0.6) is 5.75 Å². The number of carbonyl (C=O) groups excluding carboxylic acids is 1. The van der Waals surface area contributed by atoms with Crippen LogP contribution in [0.4, 0.5) is 5.69 Å². The van der Waals surface area contributed by atoms with Gasteiger partial charge in [-0.2, -0.15) is 0 Å². The number of aromatic hydroxyl groups is 1. The van der Waals surface area contributed by atoms with Gasteiger partial charge in [-0.1, -0.05) is 13.0 Å². The molecule has 1 aromatic carbocycles. The minimum atomic E-state index is -0.125. The fraction of sp³-hybridized carbons (Fsp3) is 0.462. The van der Waals surface area contributed by atoms with Gasteiger partial charge in [0.05, 0.1) is 11.7 Å². The lowest BCUT2D eigenvalue weighted by Crippen LogP contribution is -2.35. The molecular formula is C13H18N2O2. The van der Waals surface area contributed by atoms with Crippen LogP contribution in [0.1, 0.15) is 25.3 Å². The zero-order valence-electron chi connectivity index (χ0n) is 9.99. The van der Waals surface area contributed by atoms with Crippen LogP contribution < -0.4 is 10.6 Å². The van der Waals surface area contributed by atoms with E-state index in [-0.39, 0.29) is 17.7 Å². The maximum Gasteiger partial charge on any atom is 0.241 e. The minimum absolute atomic E-state index is 0.0638. The van der Waals surface area contributed by atoms with Gasteiger partial charge in [-0.3, -0.25) is 4.79 Å². The van der Waals surface area contributed by atoms with E-state index in [1.54, 1.807) is 6.07 Å². The van der Waals surface area contributed by atoms with Gasteiger partial charge in [0.25, 0.3) is 0 Å². The van der Waals surface area contributed by atoms with Crippen molar-refractivity contribution in [2.45, 2.75) is 32.2 Å². The summed E-state index contributed by atoms with van der Waals surface area (Å²) in [5.74, 6) is 0.0552. The van der Waals surface area contributed by atoms with Gasteiger partial charge < -0.3 is 15.7 Å². The number of hydrogen-bond acceptors (Lipinski definition) is 3. The van der Waals surface area contributed by atoms with Crippen molar-refractivity contribution in [1.82, 2.24) is 5.32 Å². The Morgan fingerprint density at radius 2 is 2.41 bits per heavy atom. The second-order valence-electron chi connectivity index (χ2n) is 4.34. The van der Waals surface area contributed by atoms with Crippen molar-refractivity contribution < 1.29 is 9.90 Å². The van der Waals surface area contributed by atoms with Crippen molar-refractivity contribution in [3.8, 4) is 5.75 Å². The Kier molecular flexibility index (Phi) is 3.64. The van der Waals surface area contributed by atoms with Gasteiger partial charge >= 0.3 is 0 Å². The summed E-state index contributed by atoms with van der Waals surface area (Å²) in [6, 6.07) is 5.18. The molecule has 1 aromatic rings. The number of nitrogens with one attached hydrogen (secondary N) is 2. The van der Waals surface area contributed by atoms with E-state index in [1.807, 2.05) is 19.1 Å². The van der Waals surface area contributed by atoms with Gasteiger partial charge in [0.15, 0.2) is 0 Å². The third-order valence-electron chi connectivity index (χ3n) is 3.10. The Balaban J connectivity index is 2.09. The molecule has 1 aliphatic heterocycles. The van der Waals surface area contributed by atoms with Gasteiger partial charge in [-0.15, -0.1) is 0 Å². The van der Waals surface area contributed by atoms with Gasteiger partial charge in [0.1, 0.15) is 5.75 Å². The number of anilines is 1. The Morgan fingerprint density at radius 3 is 3.06 bits per heavy atom. The largest absolute Gasteiger partial charge is 0.506 e. The van der Waals surface area contributed by atoms with E-state index in [0.717, 1.165) is 31.4 Å². The Morgan fingerprint density at radius 1 is 1.59 bits per heavy atom. The average Bonchev–Trinajstić information content (AvgIpc) is 2.85. The fourth-order valence-electron chi connectivity index (χ4n) is 2.03. The van der Waals surface area contributed by atoms with Crippen molar-refractivity contribution in [3.63, 3.8) is 0 Å². The number of hydrogen-bond donors (Lipinski definition) is 3. The molecule has 1 unspecified atom stereocenters. The molecule has 4 nitrogen and oxygen atoms in total. The van der Waals surface area contributed by atoms with Gasteiger partial charge in [-0.25, -0.2) is 0 Å². The number of aryl methyl sites for hydroxylation is 1. The SMILES string of the molecule is CCc1ccc(O)c(NC(=O)C2CCCN2)c1. The van der Waals surface area contributed by atoms with Crippen molar-refractivity contribution in [2.75, 3.05) is 11.9 Å². The van der Waals surface area contributed by atoms with Crippen molar-refractivity contribution in [3.05, 3.63) is 23.8 Å². The first-order valence-corrected chi connectivity index (χ1v) is 6.07. The molecule has 1 heterocycles. The lowest BCUT2D eigenvalue weighted by Gasteiger charge is -2.13. The molecule has 0 spiro atoms. The molecule has 1 saturated heterocycles. The highest BCUT2D eigenvalue weighted by Crippen LogP contribution is 2.25. The molecule has 2 rings (SSSR count). The molecule has 0 bridgehead atoms. The lowest BCUT2D eigenvalue weighted by molar-refractivity contribution is -0.117. The topological polar surface area (TPSA) is 61.4 Å². The molecule has 17 heavy (non-hydrogen) atoms. The molecule has 1 atom stereocenters. The quantitative estimate of drug-likeness (QED) is 0.697. The first-order valence-electron chi connectivity index (χ1n) is 6.07. The normalized spacial score (nSPS) is 19.2. The summed E-state index contributed by atoms with van der Waals surface area (Å²) in [6.45, 7) is 2.93. The van der Waals surface area contributed by atoms with E-state index in [9.17, 15) is 9.90 Å². The zero-order valence-corrected chi connectivity index (χ0v) is 9.99. The fourth-order valence-corrected chi connectivity index (χ4v) is 2.03. The van der Waals surface area contributed by atoms with Gasteiger partial charge in [0.2, 0.25) is 5.91 Å². The highest BCUT2D eigenvalue weighted by molar-refractivity contribution is 5.96. The first kappa shape index (κ1) is 11.9. The molecule has 0 saturated carbocycles. The van der Waals surface area contributed by atoms with Crippen LogP contribution in [0.15, 0.2) is 18.2 Å². The van der Waals surface area contributed by atoms with Crippen LogP contribution >= 0.6 is 0 Å². The van der Waals surface area contributed by atoms with E-state index in [0.29, 0.717) is 5.69 Å². The van der Waals surface area contributed by atoms with Gasteiger partial charge in [-0.05, 0) is 43.5 Å². The van der Waals surface area contributed by atoms with Crippen molar-refractivity contribution >= 4 is 11.6 Å². The van der Waals surface area contributed by atoms with Crippen LogP contribution in [-0.2, 0) is 11.2 Å². The number of phenols is 1. The molecule has 1 aliphatic rings. The lowest BCUT2D eigenvalue weighted by atomic mass is 10.1. The Bertz CT molecular complexity index is 412. The molecule has 0 aromatic heterocycles. The van der Waals surface area contributed by atoms with E-state index in [1.165, 1.54) is 0 Å². The maximum absolute atomic E-state index is 11.9. The predicted octanol–water partition coefficient (Wildman–Crippen LogP) is 1.65. The molecule has 1 fully saturated rings. The van der Waals surface area contributed by atoms with Crippen LogP contribution in [-0.4, -0.2) is 23.6 Å². The number of amides is 1. The Labute approximate surface area is 101 Å². The number of benzene rings is 1. The van der Waals surface area contributed by atoms with E-state index in [4.69, 9.17) is 0 Å². The molecular weight excluding hydrogens is 216 g/mol. The summed E-state index contributed by atoms with van der Waals surface area (Å²) in [5, 5.41) is 15.6. The van der Waals surface area contributed by atoms with Crippen molar-refractivity contribution in [2.24, 2.45) is 0 Å². The molecule has 0 aliphatic carbocycles. The van der Waals surface area contributed by atoms with Crippen LogP contribution in [0.3, 0.4) is 0 Å². The number of carbonyl (C=O) groups is 1. The third-order valence-corrected chi connectivity index (χ3v) is 3.10. The molecule has 3 N–H and O–H groups in total. The molecule has 0 radical (unpaired) electrons. The predicted molar refractivity (Wildman–Crippen MR) is 67.1 cm³/mol. The maximum atomic E-state index is 11.9. The summed E-state index contributed by atoms with van der Waals surface area (Å²) in [5.41, 5.74) is 1.60. The van der Waals surface area contributed by atoms with Crippen LogP contribution in [0.25, 0.3) is 0 Å². The highest BCUT2D eigenvalue weighted by Gasteiger charge is 2.22. The van der Waals surface area contributed by atoms with Crippen LogP contribution in [0, 0.1) is 0 Å². The number of phenolic OH excluding ortho intramolecular Hbond substituents is 1. The second-order valence-corrected chi connectivity index (χ2v) is 4.34.